The van der Waals surface area contributed by atoms with Gasteiger partial charge in [-0.25, -0.2) is 0 Å². The van der Waals surface area contributed by atoms with Gasteiger partial charge >= 0.3 is 0 Å². The lowest BCUT2D eigenvalue weighted by Gasteiger charge is -2.01. The minimum Gasteiger partial charge on any atom is -0.507 e. The molecule has 0 saturated carbocycles. The van der Waals surface area contributed by atoms with Crippen LogP contribution in [0.15, 0.2) is 30.3 Å². The minimum atomic E-state index is 0.349. The second-order valence-electron chi connectivity index (χ2n) is 3.30. The van der Waals surface area contributed by atoms with Crippen molar-refractivity contribution >= 4 is 6.08 Å². The van der Waals surface area contributed by atoms with Gasteiger partial charge in [-0.2, -0.15) is 0 Å². The zero-order valence-corrected chi connectivity index (χ0v) is 8.20. The van der Waals surface area contributed by atoms with E-state index in [0.717, 1.165) is 12.0 Å². The molecule has 0 aliphatic carbocycles. The molecule has 0 aliphatic rings. The van der Waals surface area contributed by atoms with Crippen molar-refractivity contribution < 1.29 is 5.11 Å². The number of phenolic OH excluding ortho intramolecular Hbond substituents is 1. The number of para-hydroxylation sites is 1. The zero-order valence-electron chi connectivity index (χ0n) is 8.20. The maximum Gasteiger partial charge on any atom is 0.122 e. The van der Waals surface area contributed by atoms with E-state index < -0.39 is 0 Å². The Morgan fingerprint density at radius 1 is 1.38 bits per heavy atom. The predicted octanol–water partition coefficient (Wildman–Crippen LogP) is 3.45. The molecule has 1 aromatic rings. The van der Waals surface area contributed by atoms with Crippen molar-refractivity contribution in [3.8, 4) is 5.75 Å². The molecule has 0 fully saturated rings. The summed E-state index contributed by atoms with van der Waals surface area (Å²) in [6.45, 7) is 4.32. The second-order valence-corrected chi connectivity index (χ2v) is 3.30. The molecule has 0 spiro atoms. The molecule has 1 rings (SSSR count). The van der Waals surface area contributed by atoms with Crippen molar-refractivity contribution in [2.75, 3.05) is 0 Å². The molecule has 0 aliphatic heterocycles. The van der Waals surface area contributed by atoms with Gasteiger partial charge in [-0.05, 0) is 12.0 Å². The van der Waals surface area contributed by atoms with Gasteiger partial charge in [0.25, 0.3) is 0 Å². The summed E-state index contributed by atoms with van der Waals surface area (Å²) in [4.78, 5) is 0. The highest BCUT2D eigenvalue weighted by molar-refractivity contribution is 5.56. The molecule has 13 heavy (non-hydrogen) atoms. The Balaban J connectivity index is 2.74. The fraction of sp³-hybridized carbons (Fsp3) is 0.333. The number of hydrogen-bond acceptors (Lipinski definition) is 1. The molecule has 0 saturated heterocycles. The first-order valence-corrected chi connectivity index (χ1v) is 4.70. The Hall–Kier alpha value is -1.24. The number of phenols is 1. The van der Waals surface area contributed by atoms with E-state index in [4.69, 9.17) is 0 Å². The summed E-state index contributed by atoms with van der Waals surface area (Å²) in [6, 6.07) is 7.37. The Labute approximate surface area is 79.7 Å². The number of hydrogen-bond donors (Lipinski definition) is 1. The lowest BCUT2D eigenvalue weighted by atomic mass is 10.1. The van der Waals surface area contributed by atoms with E-state index in [9.17, 15) is 5.11 Å². The summed E-state index contributed by atoms with van der Waals surface area (Å²) >= 11 is 0. The fourth-order valence-corrected chi connectivity index (χ4v) is 1.03. The Morgan fingerprint density at radius 2 is 2.08 bits per heavy atom. The summed E-state index contributed by atoms with van der Waals surface area (Å²) in [5.74, 6) is 0.918. The molecule has 0 aromatic heterocycles. The van der Waals surface area contributed by atoms with Crippen LogP contribution >= 0.6 is 0 Å². The molecule has 0 bridgehead atoms. The van der Waals surface area contributed by atoms with Crippen molar-refractivity contribution in [2.24, 2.45) is 5.92 Å². The van der Waals surface area contributed by atoms with E-state index in [1.807, 2.05) is 24.3 Å². The van der Waals surface area contributed by atoms with Crippen LogP contribution in [0.2, 0.25) is 0 Å². The first-order chi connectivity index (χ1) is 6.24. The van der Waals surface area contributed by atoms with Gasteiger partial charge in [-0.3, -0.25) is 0 Å². The maximum atomic E-state index is 9.44. The summed E-state index contributed by atoms with van der Waals surface area (Å²) in [5.41, 5.74) is 0.891. The van der Waals surface area contributed by atoms with Crippen LogP contribution in [0.4, 0.5) is 0 Å². The third kappa shape index (κ3) is 2.94. The van der Waals surface area contributed by atoms with E-state index in [0.29, 0.717) is 11.7 Å². The van der Waals surface area contributed by atoms with Crippen LogP contribution in [0.5, 0.6) is 5.75 Å². The standard InChI is InChI=1S/C12H16O/c1-3-10(2)8-9-11-6-4-5-7-12(11)13/h4-10,13H,3H2,1-2H3/b9-8+. The van der Waals surface area contributed by atoms with Crippen molar-refractivity contribution in [3.05, 3.63) is 35.9 Å². The third-order valence-electron chi connectivity index (χ3n) is 2.19. The smallest absolute Gasteiger partial charge is 0.122 e. The first kappa shape index (κ1) is 9.85. The lowest BCUT2D eigenvalue weighted by molar-refractivity contribution is 0.474. The number of allylic oxidation sites excluding steroid dienone is 1. The van der Waals surface area contributed by atoms with Gasteiger partial charge < -0.3 is 5.11 Å². The molecular formula is C12H16O. The van der Waals surface area contributed by atoms with E-state index >= 15 is 0 Å². The largest absolute Gasteiger partial charge is 0.507 e. The average Bonchev–Trinajstić information content (AvgIpc) is 2.16. The number of rotatable bonds is 3. The van der Waals surface area contributed by atoms with Crippen LogP contribution in [0.1, 0.15) is 25.8 Å². The van der Waals surface area contributed by atoms with Gasteiger partial charge in [0, 0.05) is 5.56 Å². The predicted molar refractivity (Wildman–Crippen MR) is 56.6 cm³/mol. The highest BCUT2D eigenvalue weighted by atomic mass is 16.3. The van der Waals surface area contributed by atoms with Crippen LogP contribution in [-0.2, 0) is 0 Å². The highest BCUT2D eigenvalue weighted by Gasteiger charge is 1.95. The fourth-order valence-electron chi connectivity index (χ4n) is 1.03. The number of aromatic hydroxyl groups is 1. The summed E-state index contributed by atoms with van der Waals surface area (Å²) in [6.07, 6.45) is 5.22. The summed E-state index contributed by atoms with van der Waals surface area (Å²) < 4.78 is 0. The van der Waals surface area contributed by atoms with E-state index in [1.54, 1.807) is 6.07 Å². The van der Waals surface area contributed by atoms with Gasteiger partial charge in [0.2, 0.25) is 0 Å². The van der Waals surface area contributed by atoms with E-state index in [-0.39, 0.29) is 0 Å². The van der Waals surface area contributed by atoms with Crippen molar-refractivity contribution in [2.45, 2.75) is 20.3 Å². The Kier molecular flexibility index (Phi) is 3.56. The van der Waals surface area contributed by atoms with Crippen LogP contribution in [0, 0.1) is 5.92 Å². The topological polar surface area (TPSA) is 20.2 Å². The minimum absolute atomic E-state index is 0.349. The zero-order chi connectivity index (χ0) is 9.68. The quantitative estimate of drug-likeness (QED) is 0.747. The van der Waals surface area contributed by atoms with Crippen LogP contribution in [0.3, 0.4) is 0 Å². The van der Waals surface area contributed by atoms with Gasteiger partial charge in [-0.15, -0.1) is 0 Å². The molecule has 1 heteroatoms. The van der Waals surface area contributed by atoms with Crippen LogP contribution < -0.4 is 0 Å². The second kappa shape index (κ2) is 4.70. The molecule has 1 N–H and O–H groups in total. The van der Waals surface area contributed by atoms with Gasteiger partial charge in [0.05, 0.1) is 0 Å². The van der Waals surface area contributed by atoms with Crippen molar-refractivity contribution in [1.29, 1.82) is 0 Å². The summed E-state index contributed by atoms with van der Waals surface area (Å²) in [7, 11) is 0. The normalized spacial score (nSPS) is 13.4. The van der Waals surface area contributed by atoms with E-state index in [1.165, 1.54) is 0 Å². The van der Waals surface area contributed by atoms with Gasteiger partial charge in [0.1, 0.15) is 5.75 Å². The van der Waals surface area contributed by atoms with Crippen molar-refractivity contribution in [3.63, 3.8) is 0 Å². The summed E-state index contributed by atoms with van der Waals surface area (Å²) in [5, 5.41) is 9.44. The van der Waals surface area contributed by atoms with Crippen molar-refractivity contribution in [1.82, 2.24) is 0 Å². The third-order valence-corrected chi connectivity index (χ3v) is 2.19. The van der Waals surface area contributed by atoms with Gasteiger partial charge in [-0.1, -0.05) is 50.6 Å². The monoisotopic (exact) mass is 176 g/mol. The maximum absolute atomic E-state index is 9.44. The first-order valence-electron chi connectivity index (χ1n) is 4.70. The highest BCUT2D eigenvalue weighted by Crippen LogP contribution is 2.18. The number of benzene rings is 1. The van der Waals surface area contributed by atoms with Crippen LogP contribution in [0.25, 0.3) is 6.08 Å². The molecule has 70 valence electrons. The molecule has 0 amide bonds. The van der Waals surface area contributed by atoms with E-state index in [2.05, 4.69) is 19.9 Å². The molecular weight excluding hydrogens is 160 g/mol. The molecule has 1 atom stereocenters. The molecule has 0 radical (unpaired) electrons. The SMILES string of the molecule is CCC(C)/C=C/c1ccccc1O. The Bertz CT molecular complexity index is 289. The molecule has 1 aromatic carbocycles. The Morgan fingerprint density at radius 3 is 2.69 bits per heavy atom. The average molecular weight is 176 g/mol. The molecule has 1 nitrogen and oxygen atoms in total. The molecule has 0 heterocycles. The van der Waals surface area contributed by atoms with Crippen LogP contribution in [-0.4, -0.2) is 5.11 Å². The van der Waals surface area contributed by atoms with Gasteiger partial charge in [0.15, 0.2) is 0 Å². The molecule has 1 unspecified atom stereocenters. The lowest BCUT2D eigenvalue weighted by Crippen LogP contribution is -1.84.